The van der Waals surface area contributed by atoms with Gasteiger partial charge in [-0.1, -0.05) is 6.07 Å². The van der Waals surface area contributed by atoms with Crippen LogP contribution in [0.25, 0.3) is 0 Å². The minimum Gasteiger partial charge on any atom is -0.497 e. The Morgan fingerprint density at radius 1 is 1.03 bits per heavy atom. The fourth-order valence-corrected chi connectivity index (χ4v) is 4.84. The highest BCUT2D eigenvalue weighted by atomic mass is 32.2. The molecule has 6 nitrogen and oxygen atoms in total. The summed E-state index contributed by atoms with van der Waals surface area (Å²) in [4.78, 5) is 14.7. The van der Waals surface area contributed by atoms with Gasteiger partial charge in [0.2, 0.25) is 0 Å². The molecule has 3 aromatic carbocycles. The van der Waals surface area contributed by atoms with E-state index in [1.165, 1.54) is 24.6 Å². The average Bonchev–Trinajstić information content (AvgIpc) is 2.79. The Bertz CT molecular complexity index is 1270. The molecule has 1 aliphatic heterocycles. The van der Waals surface area contributed by atoms with Crippen molar-refractivity contribution in [2.45, 2.75) is 24.8 Å². The maximum atomic E-state index is 13.4. The number of amides is 1. The lowest BCUT2D eigenvalue weighted by molar-refractivity contribution is 0.0734. The highest BCUT2D eigenvalue weighted by Gasteiger charge is 2.22. The van der Waals surface area contributed by atoms with E-state index in [2.05, 4.69) is 4.72 Å². The number of carbonyl (C=O) groups is 1. The number of ether oxygens (including phenoxy) is 1. The van der Waals surface area contributed by atoms with Crippen LogP contribution < -0.4 is 9.46 Å². The van der Waals surface area contributed by atoms with E-state index in [4.69, 9.17) is 4.74 Å². The molecule has 0 fully saturated rings. The van der Waals surface area contributed by atoms with Crippen LogP contribution in [0.1, 0.15) is 27.0 Å². The topological polar surface area (TPSA) is 75.7 Å². The molecule has 1 aliphatic rings. The Kier molecular flexibility index (Phi) is 5.88. The normalized spacial score (nSPS) is 13.4. The number of carbonyl (C=O) groups excluding carboxylic acids is 1. The lowest BCUT2D eigenvalue weighted by Gasteiger charge is -2.29. The highest BCUT2D eigenvalue weighted by molar-refractivity contribution is 7.92. The van der Waals surface area contributed by atoms with Crippen LogP contribution in [0, 0.1) is 12.7 Å². The number of hydrogen-bond donors (Lipinski definition) is 1. The van der Waals surface area contributed by atoms with E-state index in [9.17, 15) is 17.6 Å². The second-order valence-electron chi connectivity index (χ2n) is 7.71. The molecule has 8 heteroatoms. The molecule has 3 aromatic rings. The third-order valence-electron chi connectivity index (χ3n) is 5.54. The number of rotatable bonds is 5. The third-order valence-corrected chi connectivity index (χ3v) is 6.92. The first-order valence-corrected chi connectivity index (χ1v) is 11.6. The molecule has 1 heterocycles. The molecular formula is C24H23FN2O4S. The van der Waals surface area contributed by atoms with Crippen LogP contribution in [0.3, 0.4) is 0 Å². The van der Waals surface area contributed by atoms with Crippen LogP contribution in [-0.4, -0.2) is 32.9 Å². The number of benzene rings is 3. The summed E-state index contributed by atoms with van der Waals surface area (Å²) in [6.45, 7) is 2.60. The van der Waals surface area contributed by atoms with Gasteiger partial charge >= 0.3 is 0 Å². The fourth-order valence-electron chi connectivity index (χ4n) is 3.70. The van der Waals surface area contributed by atoms with Gasteiger partial charge in [-0.25, -0.2) is 12.8 Å². The maximum Gasteiger partial charge on any atom is 0.261 e. The van der Waals surface area contributed by atoms with E-state index in [0.29, 0.717) is 24.3 Å². The number of nitrogens with zero attached hydrogens (tertiary/aromatic N) is 1. The number of nitrogens with one attached hydrogen (secondary N) is 1. The van der Waals surface area contributed by atoms with Crippen LogP contribution in [0.5, 0.6) is 5.75 Å². The van der Waals surface area contributed by atoms with Crippen molar-refractivity contribution in [2.75, 3.05) is 18.4 Å². The molecule has 0 saturated carbocycles. The van der Waals surface area contributed by atoms with Crippen LogP contribution >= 0.6 is 0 Å². The number of aryl methyl sites for hydroxylation is 1. The third kappa shape index (κ3) is 4.45. The zero-order valence-electron chi connectivity index (χ0n) is 17.8. The summed E-state index contributed by atoms with van der Waals surface area (Å²) in [7, 11) is -2.26. The summed E-state index contributed by atoms with van der Waals surface area (Å²) in [5.41, 5.74) is 3.29. The molecule has 0 saturated heterocycles. The predicted molar refractivity (Wildman–Crippen MR) is 120 cm³/mol. The van der Waals surface area contributed by atoms with Crippen molar-refractivity contribution in [3.8, 4) is 5.75 Å². The van der Waals surface area contributed by atoms with Crippen molar-refractivity contribution in [1.82, 2.24) is 4.90 Å². The molecule has 0 aliphatic carbocycles. The number of hydrogen-bond acceptors (Lipinski definition) is 4. The number of anilines is 1. The summed E-state index contributed by atoms with van der Waals surface area (Å²) in [5.74, 6) is 0.165. The largest absolute Gasteiger partial charge is 0.497 e. The average molecular weight is 455 g/mol. The Hall–Kier alpha value is -3.39. The summed E-state index contributed by atoms with van der Waals surface area (Å²) in [6, 6.07) is 15.8. The van der Waals surface area contributed by atoms with Gasteiger partial charge in [-0.15, -0.1) is 0 Å². The highest BCUT2D eigenvalue weighted by Crippen LogP contribution is 2.25. The number of methoxy groups -OCH3 is 1. The maximum absolute atomic E-state index is 13.4. The second-order valence-corrected chi connectivity index (χ2v) is 9.39. The fraction of sp³-hybridized carbons (Fsp3) is 0.208. The molecule has 0 atom stereocenters. The minimum absolute atomic E-state index is 0.0287. The van der Waals surface area contributed by atoms with Gasteiger partial charge in [0.1, 0.15) is 11.6 Å². The van der Waals surface area contributed by atoms with Gasteiger partial charge in [-0.3, -0.25) is 9.52 Å². The van der Waals surface area contributed by atoms with Gasteiger partial charge in [0.15, 0.2) is 0 Å². The molecule has 0 aromatic heterocycles. The monoisotopic (exact) mass is 454 g/mol. The van der Waals surface area contributed by atoms with Crippen LogP contribution in [0.4, 0.5) is 10.1 Å². The van der Waals surface area contributed by atoms with E-state index >= 15 is 0 Å². The van der Waals surface area contributed by atoms with E-state index < -0.39 is 15.8 Å². The minimum atomic E-state index is -3.87. The predicted octanol–water partition coefficient (Wildman–Crippen LogP) is 4.14. The van der Waals surface area contributed by atoms with Gasteiger partial charge < -0.3 is 9.64 Å². The zero-order chi connectivity index (χ0) is 22.9. The smallest absolute Gasteiger partial charge is 0.261 e. The Balaban J connectivity index is 1.47. The molecule has 1 amide bonds. The SMILES string of the molecule is COc1ccc2c(c1)CN(C(=O)c1ccc(NS(=O)(=O)c3ccc(F)c(C)c3)cc1)CC2. The first-order chi connectivity index (χ1) is 15.3. The number of halogens is 1. The van der Waals surface area contributed by atoms with E-state index in [1.54, 1.807) is 36.3 Å². The van der Waals surface area contributed by atoms with Crippen molar-refractivity contribution in [3.63, 3.8) is 0 Å². The van der Waals surface area contributed by atoms with Crippen molar-refractivity contribution in [3.05, 3.63) is 88.7 Å². The van der Waals surface area contributed by atoms with Crippen molar-refractivity contribution < 1.29 is 22.3 Å². The number of fused-ring (bicyclic) bond motifs is 1. The van der Waals surface area contributed by atoms with Crippen LogP contribution in [-0.2, 0) is 23.0 Å². The van der Waals surface area contributed by atoms with Crippen molar-refractivity contribution in [1.29, 1.82) is 0 Å². The van der Waals surface area contributed by atoms with Crippen LogP contribution in [0.2, 0.25) is 0 Å². The lowest BCUT2D eigenvalue weighted by Crippen LogP contribution is -2.35. The number of sulfonamides is 1. The Morgan fingerprint density at radius 2 is 1.78 bits per heavy atom. The first kappa shape index (κ1) is 21.8. The Morgan fingerprint density at radius 3 is 2.47 bits per heavy atom. The van der Waals surface area contributed by atoms with Gasteiger partial charge in [0.05, 0.1) is 12.0 Å². The molecule has 32 heavy (non-hydrogen) atoms. The van der Waals surface area contributed by atoms with E-state index in [-0.39, 0.29) is 16.4 Å². The molecule has 1 N–H and O–H groups in total. The zero-order valence-corrected chi connectivity index (χ0v) is 18.6. The van der Waals surface area contributed by atoms with Gasteiger partial charge in [0.25, 0.3) is 15.9 Å². The molecular weight excluding hydrogens is 431 g/mol. The molecule has 4 rings (SSSR count). The van der Waals surface area contributed by atoms with Gasteiger partial charge in [-0.2, -0.15) is 0 Å². The first-order valence-electron chi connectivity index (χ1n) is 10.1. The molecule has 0 unspecified atom stereocenters. The van der Waals surface area contributed by atoms with Crippen molar-refractivity contribution >= 4 is 21.6 Å². The molecule has 0 bridgehead atoms. The molecule has 0 spiro atoms. The quantitative estimate of drug-likeness (QED) is 0.629. The molecule has 166 valence electrons. The van der Waals surface area contributed by atoms with Crippen molar-refractivity contribution in [2.24, 2.45) is 0 Å². The van der Waals surface area contributed by atoms with E-state index in [1.807, 2.05) is 18.2 Å². The summed E-state index contributed by atoms with van der Waals surface area (Å²) >= 11 is 0. The summed E-state index contributed by atoms with van der Waals surface area (Å²) in [5, 5.41) is 0. The second kappa shape index (κ2) is 8.63. The van der Waals surface area contributed by atoms with E-state index in [0.717, 1.165) is 23.8 Å². The summed E-state index contributed by atoms with van der Waals surface area (Å²) in [6.07, 6.45) is 0.764. The summed E-state index contributed by atoms with van der Waals surface area (Å²) < 4.78 is 46.4. The standard InChI is InChI=1S/C24H23FN2O4S/c1-16-13-22(9-10-23(16)25)32(29,30)26-20-6-3-18(4-7-20)24(28)27-12-11-17-5-8-21(31-2)14-19(17)15-27/h3-10,13-14,26H,11-12,15H2,1-2H3. The van der Waals surface area contributed by atoms with Crippen LogP contribution in [0.15, 0.2) is 65.6 Å². The Labute approximate surface area is 186 Å². The van der Waals surface area contributed by atoms with Gasteiger partial charge in [0, 0.05) is 24.3 Å². The molecule has 0 radical (unpaired) electrons. The van der Waals surface area contributed by atoms with Gasteiger partial charge in [-0.05, 0) is 84.6 Å². The lowest BCUT2D eigenvalue weighted by atomic mass is 9.99.